The minimum Gasteiger partial charge on any atom is -0.490 e. The van der Waals surface area contributed by atoms with Gasteiger partial charge >= 0.3 is 6.18 Å². The second-order valence-corrected chi connectivity index (χ2v) is 4.93. The minimum atomic E-state index is -4.14. The zero-order valence-corrected chi connectivity index (χ0v) is 11.3. The number of hydrogen-bond donors (Lipinski definition) is 1. The largest absolute Gasteiger partial charge is 0.490 e. The van der Waals surface area contributed by atoms with Crippen LogP contribution in [0.15, 0.2) is 18.2 Å². The van der Waals surface area contributed by atoms with E-state index < -0.39 is 18.6 Å². The lowest BCUT2D eigenvalue weighted by Gasteiger charge is -2.16. The molecule has 0 spiro atoms. The van der Waals surface area contributed by atoms with Crippen molar-refractivity contribution in [2.24, 2.45) is 0 Å². The molecule has 0 amide bonds. The van der Waals surface area contributed by atoms with Gasteiger partial charge in [-0.3, -0.25) is 0 Å². The van der Waals surface area contributed by atoms with Crippen LogP contribution in [0.3, 0.4) is 0 Å². The van der Waals surface area contributed by atoms with Crippen molar-refractivity contribution in [1.29, 1.82) is 0 Å². The molecule has 6 heteroatoms. The van der Waals surface area contributed by atoms with Crippen LogP contribution in [0.2, 0.25) is 0 Å². The van der Waals surface area contributed by atoms with E-state index in [0.717, 1.165) is 12.0 Å². The molecule has 0 saturated carbocycles. The lowest BCUT2D eigenvalue weighted by Crippen LogP contribution is -2.30. The molecule has 1 heterocycles. The summed E-state index contributed by atoms with van der Waals surface area (Å²) in [4.78, 5) is 0. The third kappa shape index (κ3) is 4.59. The van der Waals surface area contributed by atoms with Crippen LogP contribution < -0.4 is 14.8 Å². The average Bonchev–Trinajstić information content (AvgIpc) is 2.58. The Balaban J connectivity index is 1.92. The molecule has 1 aliphatic heterocycles. The van der Waals surface area contributed by atoms with Gasteiger partial charge in [-0.2, -0.15) is 13.2 Å². The molecule has 1 aromatic carbocycles. The van der Waals surface area contributed by atoms with Crippen LogP contribution in [-0.4, -0.2) is 25.4 Å². The van der Waals surface area contributed by atoms with Crippen LogP contribution in [0, 0.1) is 0 Å². The molecule has 1 aromatic rings. The van der Waals surface area contributed by atoms with Crippen LogP contribution in [0.1, 0.15) is 25.3 Å². The Morgan fingerprint density at radius 2 is 1.90 bits per heavy atom. The number of fused-ring (bicyclic) bond motifs is 1. The van der Waals surface area contributed by atoms with Crippen molar-refractivity contribution in [3.05, 3.63) is 23.8 Å². The number of benzene rings is 1. The highest BCUT2D eigenvalue weighted by Crippen LogP contribution is 2.30. The van der Waals surface area contributed by atoms with Gasteiger partial charge in [0.1, 0.15) is 0 Å². The summed E-state index contributed by atoms with van der Waals surface area (Å²) in [7, 11) is 0. The van der Waals surface area contributed by atoms with Gasteiger partial charge in [-0.05, 0) is 24.6 Å². The van der Waals surface area contributed by atoms with Crippen LogP contribution in [-0.2, 0) is 6.54 Å². The fourth-order valence-corrected chi connectivity index (χ4v) is 2.03. The molecule has 112 valence electrons. The molecule has 0 aliphatic carbocycles. The molecule has 1 N–H and O–H groups in total. The first kappa shape index (κ1) is 15.0. The van der Waals surface area contributed by atoms with Gasteiger partial charge in [-0.1, -0.05) is 6.07 Å². The van der Waals surface area contributed by atoms with Gasteiger partial charge in [-0.15, -0.1) is 0 Å². The van der Waals surface area contributed by atoms with Crippen molar-refractivity contribution in [3.8, 4) is 11.5 Å². The van der Waals surface area contributed by atoms with Crippen molar-refractivity contribution in [2.45, 2.75) is 38.5 Å². The van der Waals surface area contributed by atoms with Gasteiger partial charge in [0.15, 0.2) is 11.5 Å². The van der Waals surface area contributed by atoms with Gasteiger partial charge in [0, 0.05) is 19.0 Å². The molecule has 2 rings (SSSR count). The summed E-state index contributed by atoms with van der Waals surface area (Å²) in [6, 6.07) is 4.83. The fraction of sp³-hybridized carbons (Fsp3) is 0.571. The number of halogens is 3. The maximum Gasteiger partial charge on any atom is 0.390 e. The highest BCUT2D eigenvalue weighted by molar-refractivity contribution is 5.43. The number of rotatable bonds is 4. The van der Waals surface area contributed by atoms with Crippen LogP contribution in [0.25, 0.3) is 0 Å². The van der Waals surface area contributed by atoms with Gasteiger partial charge in [0.25, 0.3) is 0 Å². The summed E-state index contributed by atoms with van der Waals surface area (Å²) in [5.41, 5.74) is 0.878. The first-order valence-electron chi connectivity index (χ1n) is 6.63. The molecule has 1 atom stereocenters. The van der Waals surface area contributed by atoms with E-state index >= 15 is 0 Å². The summed E-state index contributed by atoms with van der Waals surface area (Å²) in [6.07, 6.45) is -4.15. The first-order valence-corrected chi connectivity index (χ1v) is 6.63. The molecular weight excluding hydrogens is 271 g/mol. The van der Waals surface area contributed by atoms with E-state index in [1.165, 1.54) is 6.92 Å². The zero-order chi connectivity index (χ0) is 14.6. The summed E-state index contributed by atoms with van der Waals surface area (Å²) in [6.45, 7) is 3.10. The predicted molar refractivity (Wildman–Crippen MR) is 69.0 cm³/mol. The molecule has 1 aliphatic rings. The number of nitrogens with one attached hydrogen (secondary N) is 1. The zero-order valence-electron chi connectivity index (χ0n) is 11.3. The summed E-state index contributed by atoms with van der Waals surface area (Å²) < 4.78 is 47.7. The predicted octanol–water partition coefficient (Wildman–Crippen LogP) is 3.28. The van der Waals surface area contributed by atoms with Gasteiger partial charge in [0.2, 0.25) is 0 Å². The molecule has 0 fully saturated rings. The van der Waals surface area contributed by atoms with Gasteiger partial charge in [0.05, 0.1) is 19.6 Å². The highest BCUT2D eigenvalue weighted by Gasteiger charge is 2.29. The average molecular weight is 289 g/mol. The first-order chi connectivity index (χ1) is 9.44. The van der Waals surface area contributed by atoms with E-state index in [-0.39, 0.29) is 0 Å². The van der Waals surface area contributed by atoms with E-state index in [1.807, 2.05) is 12.1 Å². The Labute approximate surface area is 116 Å². The summed E-state index contributed by atoms with van der Waals surface area (Å²) in [5, 5.41) is 2.86. The maximum absolute atomic E-state index is 12.2. The number of ether oxygens (including phenoxy) is 2. The Bertz CT molecular complexity index is 449. The molecule has 0 saturated heterocycles. The Morgan fingerprint density at radius 1 is 1.20 bits per heavy atom. The summed E-state index contributed by atoms with van der Waals surface area (Å²) >= 11 is 0. The molecule has 20 heavy (non-hydrogen) atoms. The monoisotopic (exact) mass is 289 g/mol. The normalized spacial score (nSPS) is 16.6. The van der Waals surface area contributed by atoms with Gasteiger partial charge in [-0.25, -0.2) is 0 Å². The van der Waals surface area contributed by atoms with Crippen LogP contribution in [0.5, 0.6) is 11.5 Å². The molecule has 0 bridgehead atoms. The van der Waals surface area contributed by atoms with E-state index in [0.29, 0.717) is 31.3 Å². The molecule has 0 radical (unpaired) electrons. The van der Waals surface area contributed by atoms with E-state index in [9.17, 15) is 13.2 Å². The van der Waals surface area contributed by atoms with Crippen LogP contribution >= 0.6 is 0 Å². The standard InChI is InChI=1S/C14H18F3NO2/c1-10(8-14(15,16)17)18-9-11-3-4-12-13(7-11)20-6-2-5-19-12/h3-4,7,10,18H,2,5-6,8-9H2,1H3. The lowest BCUT2D eigenvalue weighted by molar-refractivity contribution is -0.139. The molecule has 0 aromatic heterocycles. The lowest BCUT2D eigenvalue weighted by atomic mass is 10.1. The van der Waals surface area contributed by atoms with Gasteiger partial charge < -0.3 is 14.8 Å². The molecule has 1 unspecified atom stereocenters. The van der Waals surface area contributed by atoms with E-state index in [2.05, 4.69) is 5.32 Å². The second kappa shape index (κ2) is 6.35. The van der Waals surface area contributed by atoms with Crippen LogP contribution in [0.4, 0.5) is 13.2 Å². The Hall–Kier alpha value is -1.43. The SMILES string of the molecule is CC(CC(F)(F)F)NCc1ccc2c(c1)OCCCO2. The number of alkyl halides is 3. The highest BCUT2D eigenvalue weighted by atomic mass is 19.4. The Kier molecular flexibility index (Phi) is 4.75. The third-order valence-corrected chi connectivity index (χ3v) is 3.00. The van der Waals surface area contributed by atoms with Crippen molar-refractivity contribution in [2.75, 3.05) is 13.2 Å². The third-order valence-electron chi connectivity index (χ3n) is 3.00. The van der Waals surface area contributed by atoms with E-state index in [1.54, 1.807) is 6.07 Å². The quantitative estimate of drug-likeness (QED) is 0.922. The summed E-state index contributed by atoms with van der Waals surface area (Å²) in [5.74, 6) is 1.35. The minimum absolute atomic E-state index is 0.369. The Morgan fingerprint density at radius 3 is 2.60 bits per heavy atom. The molecule has 3 nitrogen and oxygen atoms in total. The van der Waals surface area contributed by atoms with Crippen molar-refractivity contribution >= 4 is 0 Å². The number of hydrogen-bond acceptors (Lipinski definition) is 3. The smallest absolute Gasteiger partial charge is 0.390 e. The molecular formula is C14H18F3NO2. The van der Waals surface area contributed by atoms with E-state index in [4.69, 9.17) is 9.47 Å². The van der Waals surface area contributed by atoms with Crippen molar-refractivity contribution in [1.82, 2.24) is 5.32 Å². The maximum atomic E-state index is 12.2. The second-order valence-electron chi connectivity index (χ2n) is 4.93. The van der Waals surface area contributed by atoms with Crippen molar-refractivity contribution in [3.63, 3.8) is 0 Å². The van der Waals surface area contributed by atoms with Crippen molar-refractivity contribution < 1.29 is 22.6 Å². The fourth-order valence-electron chi connectivity index (χ4n) is 2.03. The topological polar surface area (TPSA) is 30.5 Å².